The van der Waals surface area contributed by atoms with Crippen LogP contribution in [-0.4, -0.2) is 17.8 Å². The molecule has 0 fully saturated rings. The first-order valence-corrected chi connectivity index (χ1v) is 9.26. The Balaban J connectivity index is 3.13. The molecule has 3 heteroatoms. The van der Waals surface area contributed by atoms with Gasteiger partial charge in [0.05, 0.1) is 0 Å². The number of nitrogens with one attached hydrogen (secondary N) is 1. The number of alkyl halides is 1. The summed E-state index contributed by atoms with van der Waals surface area (Å²) in [7, 11) is 0. The van der Waals surface area contributed by atoms with Crippen molar-refractivity contribution >= 4 is 21.8 Å². The summed E-state index contributed by atoms with van der Waals surface area (Å²) in [5.41, 5.74) is 0. The minimum atomic E-state index is 0.244. The van der Waals surface area contributed by atoms with Crippen molar-refractivity contribution in [3.63, 3.8) is 0 Å². The van der Waals surface area contributed by atoms with Crippen molar-refractivity contribution in [2.24, 2.45) is 0 Å². The molecule has 0 atom stereocenters. The predicted molar refractivity (Wildman–Crippen MR) is 87.9 cm³/mol. The summed E-state index contributed by atoms with van der Waals surface area (Å²) in [4.78, 5) is 11.5. The zero-order chi connectivity index (χ0) is 14.2. The lowest BCUT2D eigenvalue weighted by Gasteiger charge is -2.05. The standard InChI is InChI=1S/C16H32BrNO/c1-2-3-4-5-9-12-15-18-16(19)13-10-7-6-8-11-14-17/h2-15H2,1H3,(H,18,19). The van der Waals surface area contributed by atoms with E-state index >= 15 is 0 Å². The Kier molecular flexibility index (Phi) is 16.0. The Hall–Kier alpha value is -0.0500. The molecular formula is C16H32BrNO. The third-order valence-electron chi connectivity index (χ3n) is 3.39. The van der Waals surface area contributed by atoms with Gasteiger partial charge >= 0.3 is 0 Å². The molecule has 0 aromatic carbocycles. The maximum absolute atomic E-state index is 11.5. The first-order chi connectivity index (χ1) is 9.31. The number of halogens is 1. The summed E-state index contributed by atoms with van der Waals surface area (Å²) < 4.78 is 0. The molecule has 0 aromatic rings. The van der Waals surface area contributed by atoms with E-state index in [0.717, 1.165) is 24.7 Å². The van der Waals surface area contributed by atoms with Crippen molar-refractivity contribution in [2.75, 3.05) is 11.9 Å². The number of hydrogen-bond donors (Lipinski definition) is 1. The van der Waals surface area contributed by atoms with Gasteiger partial charge in [0.2, 0.25) is 5.91 Å². The van der Waals surface area contributed by atoms with E-state index in [9.17, 15) is 4.79 Å². The van der Waals surface area contributed by atoms with Gasteiger partial charge in [-0.25, -0.2) is 0 Å². The highest BCUT2D eigenvalue weighted by atomic mass is 79.9. The molecule has 1 N–H and O–H groups in total. The van der Waals surface area contributed by atoms with E-state index in [4.69, 9.17) is 0 Å². The topological polar surface area (TPSA) is 29.1 Å². The Morgan fingerprint density at radius 3 is 2.11 bits per heavy atom. The Morgan fingerprint density at radius 1 is 0.842 bits per heavy atom. The Bertz CT molecular complexity index is 197. The van der Waals surface area contributed by atoms with Gasteiger partial charge in [-0.15, -0.1) is 0 Å². The number of carbonyl (C=O) groups excluding carboxylic acids is 1. The first kappa shape index (κ1) is 18.9. The van der Waals surface area contributed by atoms with Crippen LogP contribution in [0.25, 0.3) is 0 Å². The zero-order valence-electron chi connectivity index (χ0n) is 12.7. The molecule has 0 aliphatic rings. The van der Waals surface area contributed by atoms with E-state index in [2.05, 4.69) is 28.2 Å². The van der Waals surface area contributed by atoms with Crippen LogP contribution in [-0.2, 0) is 4.79 Å². The van der Waals surface area contributed by atoms with Crippen molar-refractivity contribution in [1.29, 1.82) is 0 Å². The Labute approximate surface area is 128 Å². The third kappa shape index (κ3) is 15.9. The van der Waals surface area contributed by atoms with Gasteiger partial charge < -0.3 is 5.32 Å². The van der Waals surface area contributed by atoms with Crippen molar-refractivity contribution in [3.8, 4) is 0 Å². The molecule has 0 unspecified atom stereocenters. The minimum absolute atomic E-state index is 0.244. The van der Waals surface area contributed by atoms with Crippen molar-refractivity contribution in [1.82, 2.24) is 5.32 Å². The van der Waals surface area contributed by atoms with Gasteiger partial charge in [0, 0.05) is 18.3 Å². The molecule has 0 aromatic heterocycles. The van der Waals surface area contributed by atoms with E-state index in [1.54, 1.807) is 0 Å². The van der Waals surface area contributed by atoms with Crippen LogP contribution in [0.2, 0.25) is 0 Å². The molecular weight excluding hydrogens is 302 g/mol. The van der Waals surface area contributed by atoms with Gasteiger partial charge in [-0.1, -0.05) is 74.2 Å². The molecule has 19 heavy (non-hydrogen) atoms. The lowest BCUT2D eigenvalue weighted by Crippen LogP contribution is -2.23. The molecule has 0 aliphatic carbocycles. The molecule has 0 rings (SSSR count). The smallest absolute Gasteiger partial charge is 0.219 e. The molecule has 114 valence electrons. The second-order valence-electron chi connectivity index (χ2n) is 5.32. The zero-order valence-corrected chi connectivity index (χ0v) is 14.3. The molecule has 2 nitrogen and oxygen atoms in total. The fourth-order valence-electron chi connectivity index (χ4n) is 2.13. The van der Waals surface area contributed by atoms with Gasteiger partial charge in [-0.05, 0) is 19.3 Å². The maximum atomic E-state index is 11.5. The van der Waals surface area contributed by atoms with E-state index in [0.29, 0.717) is 6.42 Å². The fraction of sp³-hybridized carbons (Fsp3) is 0.938. The van der Waals surface area contributed by atoms with Crippen molar-refractivity contribution in [2.45, 2.75) is 84.0 Å². The number of carbonyl (C=O) groups is 1. The SMILES string of the molecule is CCCCCCCCNC(=O)CCCCCCCBr. The van der Waals surface area contributed by atoms with Crippen LogP contribution in [0.3, 0.4) is 0 Å². The monoisotopic (exact) mass is 333 g/mol. The van der Waals surface area contributed by atoms with Gasteiger partial charge in [0.25, 0.3) is 0 Å². The highest BCUT2D eigenvalue weighted by molar-refractivity contribution is 9.09. The quantitative estimate of drug-likeness (QED) is 0.343. The van der Waals surface area contributed by atoms with Crippen LogP contribution >= 0.6 is 15.9 Å². The van der Waals surface area contributed by atoms with Crippen LogP contribution in [0, 0.1) is 0 Å². The van der Waals surface area contributed by atoms with Gasteiger partial charge in [0.1, 0.15) is 0 Å². The molecule has 0 spiro atoms. The molecule has 0 aliphatic heterocycles. The molecule has 0 radical (unpaired) electrons. The van der Waals surface area contributed by atoms with Crippen LogP contribution in [0.4, 0.5) is 0 Å². The Morgan fingerprint density at radius 2 is 1.42 bits per heavy atom. The number of hydrogen-bond acceptors (Lipinski definition) is 1. The van der Waals surface area contributed by atoms with Crippen molar-refractivity contribution < 1.29 is 4.79 Å². The normalized spacial score (nSPS) is 10.6. The third-order valence-corrected chi connectivity index (χ3v) is 3.95. The molecule has 0 bridgehead atoms. The molecule has 0 saturated heterocycles. The lowest BCUT2D eigenvalue weighted by molar-refractivity contribution is -0.121. The first-order valence-electron chi connectivity index (χ1n) is 8.14. The minimum Gasteiger partial charge on any atom is -0.356 e. The summed E-state index contributed by atoms with van der Waals surface area (Å²) in [6, 6.07) is 0. The van der Waals surface area contributed by atoms with E-state index in [-0.39, 0.29) is 5.91 Å². The van der Waals surface area contributed by atoms with E-state index in [1.165, 1.54) is 57.8 Å². The molecule has 0 heterocycles. The van der Waals surface area contributed by atoms with Gasteiger partial charge in [-0.3, -0.25) is 4.79 Å². The van der Waals surface area contributed by atoms with Crippen LogP contribution in [0.15, 0.2) is 0 Å². The summed E-state index contributed by atoms with van der Waals surface area (Å²) in [6.07, 6.45) is 14.5. The molecule has 1 amide bonds. The number of rotatable bonds is 14. The van der Waals surface area contributed by atoms with E-state index < -0.39 is 0 Å². The average molecular weight is 334 g/mol. The van der Waals surface area contributed by atoms with Crippen LogP contribution in [0.5, 0.6) is 0 Å². The van der Waals surface area contributed by atoms with E-state index in [1.807, 2.05) is 0 Å². The predicted octanol–water partition coefficient (Wildman–Crippen LogP) is 5.20. The number of amides is 1. The second-order valence-corrected chi connectivity index (χ2v) is 6.12. The average Bonchev–Trinajstić information content (AvgIpc) is 2.41. The van der Waals surface area contributed by atoms with Crippen LogP contribution < -0.4 is 5.32 Å². The van der Waals surface area contributed by atoms with Crippen molar-refractivity contribution in [3.05, 3.63) is 0 Å². The van der Waals surface area contributed by atoms with Gasteiger partial charge in [0.15, 0.2) is 0 Å². The largest absolute Gasteiger partial charge is 0.356 e. The second kappa shape index (κ2) is 16.0. The van der Waals surface area contributed by atoms with Gasteiger partial charge in [-0.2, -0.15) is 0 Å². The van der Waals surface area contributed by atoms with Crippen LogP contribution in [0.1, 0.15) is 84.0 Å². The summed E-state index contributed by atoms with van der Waals surface area (Å²) in [5.74, 6) is 0.244. The maximum Gasteiger partial charge on any atom is 0.219 e. The number of unbranched alkanes of at least 4 members (excludes halogenated alkanes) is 9. The highest BCUT2D eigenvalue weighted by Crippen LogP contribution is 2.07. The fourth-order valence-corrected chi connectivity index (χ4v) is 2.53. The summed E-state index contributed by atoms with van der Waals surface area (Å²) in [6.45, 7) is 3.11. The summed E-state index contributed by atoms with van der Waals surface area (Å²) in [5, 5.41) is 4.13. The molecule has 0 saturated carbocycles. The lowest BCUT2D eigenvalue weighted by atomic mass is 10.1. The summed E-state index contributed by atoms with van der Waals surface area (Å²) >= 11 is 3.43. The highest BCUT2D eigenvalue weighted by Gasteiger charge is 2.00.